The quantitative estimate of drug-likeness (QED) is 0.350. The lowest BCUT2D eigenvalue weighted by atomic mass is 9.92. The van der Waals surface area contributed by atoms with Crippen LogP contribution in [0.25, 0.3) is 0 Å². The van der Waals surface area contributed by atoms with Crippen LogP contribution in [0, 0.1) is 0 Å². The van der Waals surface area contributed by atoms with Crippen LogP contribution in [0.5, 0.6) is 0 Å². The first kappa shape index (κ1) is 11.0. The van der Waals surface area contributed by atoms with Crippen LogP contribution < -0.4 is 17.0 Å². The lowest BCUT2D eigenvalue weighted by molar-refractivity contribution is 0.0948. The smallest absolute Gasteiger partial charge is 0.287 e. The Balaban J connectivity index is 2.04. The zero-order chi connectivity index (χ0) is 11.5. The van der Waals surface area contributed by atoms with Gasteiger partial charge in [-0.15, -0.1) is 5.10 Å². The van der Waals surface area contributed by atoms with E-state index in [-0.39, 0.29) is 5.69 Å². The Morgan fingerprint density at radius 1 is 1.44 bits per heavy atom. The third-order valence-corrected chi connectivity index (χ3v) is 2.99. The summed E-state index contributed by atoms with van der Waals surface area (Å²) < 4.78 is 1.73. The number of nitrogens with one attached hydrogen (secondary N) is 1. The van der Waals surface area contributed by atoms with Gasteiger partial charge in [0.1, 0.15) is 0 Å². The van der Waals surface area contributed by atoms with Crippen LogP contribution in [-0.4, -0.2) is 26.9 Å². The first-order chi connectivity index (χ1) is 7.70. The van der Waals surface area contributed by atoms with Crippen molar-refractivity contribution in [1.82, 2.24) is 20.4 Å². The summed E-state index contributed by atoms with van der Waals surface area (Å²) in [5.74, 6) is 4.60. The van der Waals surface area contributed by atoms with Crippen LogP contribution in [-0.2, 0) is 0 Å². The third kappa shape index (κ3) is 2.20. The number of hydrazine groups is 1. The van der Waals surface area contributed by atoms with Crippen molar-refractivity contribution in [2.75, 3.05) is 0 Å². The van der Waals surface area contributed by atoms with E-state index in [1.54, 1.807) is 10.9 Å². The molecular weight excluding hydrogens is 208 g/mol. The van der Waals surface area contributed by atoms with Crippen LogP contribution in [0.3, 0.4) is 0 Å². The molecule has 1 saturated carbocycles. The standard InChI is InChI=1S/C9H16N6O/c10-6-1-3-7(4-2-6)15-5-8(13-14-15)9(16)12-11/h5-7H,1-4,10-11H2,(H,12,16). The number of hydrogen-bond acceptors (Lipinski definition) is 5. The molecule has 0 spiro atoms. The number of hydrogen-bond donors (Lipinski definition) is 3. The summed E-state index contributed by atoms with van der Waals surface area (Å²) in [6.07, 6.45) is 5.57. The van der Waals surface area contributed by atoms with Crippen molar-refractivity contribution in [2.45, 2.75) is 37.8 Å². The van der Waals surface area contributed by atoms with Gasteiger partial charge in [0, 0.05) is 6.04 Å². The lowest BCUT2D eigenvalue weighted by Crippen LogP contribution is -2.30. The van der Waals surface area contributed by atoms with E-state index in [4.69, 9.17) is 11.6 Å². The van der Waals surface area contributed by atoms with Crippen molar-refractivity contribution in [3.05, 3.63) is 11.9 Å². The second kappa shape index (κ2) is 4.58. The molecule has 7 nitrogen and oxygen atoms in total. The van der Waals surface area contributed by atoms with Crippen molar-refractivity contribution in [1.29, 1.82) is 0 Å². The number of amides is 1. The fraction of sp³-hybridized carbons (Fsp3) is 0.667. The topological polar surface area (TPSA) is 112 Å². The van der Waals surface area contributed by atoms with Crippen molar-refractivity contribution in [3.63, 3.8) is 0 Å². The molecule has 16 heavy (non-hydrogen) atoms. The molecule has 1 aromatic rings. The van der Waals surface area contributed by atoms with Gasteiger partial charge in [-0.1, -0.05) is 5.21 Å². The largest absolute Gasteiger partial charge is 0.328 e. The maximum absolute atomic E-state index is 11.2. The number of carbonyl (C=O) groups is 1. The highest BCUT2D eigenvalue weighted by Crippen LogP contribution is 2.26. The van der Waals surface area contributed by atoms with E-state index in [0.717, 1.165) is 25.7 Å². The molecule has 5 N–H and O–H groups in total. The number of nitrogen functional groups attached to an aromatic ring is 1. The highest BCUT2D eigenvalue weighted by atomic mass is 16.2. The first-order valence-electron chi connectivity index (χ1n) is 5.39. The normalized spacial score (nSPS) is 25.4. The highest BCUT2D eigenvalue weighted by Gasteiger charge is 2.21. The van der Waals surface area contributed by atoms with Gasteiger partial charge >= 0.3 is 0 Å². The van der Waals surface area contributed by atoms with Crippen LogP contribution in [0.1, 0.15) is 42.2 Å². The number of nitrogens with two attached hydrogens (primary N) is 2. The van der Waals surface area contributed by atoms with Gasteiger partial charge < -0.3 is 5.73 Å². The number of aromatic nitrogens is 3. The highest BCUT2D eigenvalue weighted by molar-refractivity contribution is 5.91. The second-order valence-corrected chi connectivity index (χ2v) is 4.13. The third-order valence-electron chi connectivity index (χ3n) is 2.99. The average molecular weight is 224 g/mol. The van der Waals surface area contributed by atoms with Gasteiger partial charge in [0.05, 0.1) is 12.2 Å². The van der Waals surface area contributed by atoms with E-state index in [0.29, 0.717) is 12.1 Å². The van der Waals surface area contributed by atoms with Crippen molar-refractivity contribution < 1.29 is 4.79 Å². The zero-order valence-corrected chi connectivity index (χ0v) is 8.97. The summed E-state index contributed by atoms with van der Waals surface area (Å²) in [4.78, 5) is 11.2. The molecule has 1 aliphatic carbocycles. The Kier molecular flexibility index (Phi) is 3.16. The fourth-order valence-electron chi connectivity index (χ4n) is 2.00. The van der Waals surface area contributed by atoms with Crippen molar-refractivity contribution >= 4 is 5.91 Å². The van der Waals surface area contributed by atoms with E-state index in [1.165, 1.54) is 0 Å². The summed E-state index contributed by atoms with van der Waals surface area (Å²) in [5, 5.41) is 7.71. The summed E-state index contributed by atoms with van der Waals surface area (Å²) in [7, 11) is 0. The Morgan fingerprint density at radius 2 is 2.12 bits per heavy atom. The molecule has 0 saturated heterocycles. The fourth-order valence-corrected chi connectivity index (χ4v) is 2.00. The molecular formula is C9H16N6O. The molecule has 0 aliphatic heterocycles. The minimum absolute atomic E-state index is 0.248. The van der Waals surface area contributed by atoms with Gasteiger partial charge in [-0.05, 0) is 25.7 Å². The minimum atomic E-state index is -0.418. The average Bonchev–Trinajstić information content (AvgIpc) is 2.78. The number of rotatable bonds is 2. The molecule has 0 atom stereocenters. The Labute approximate surface area is 93.1 Å². The van der Waals surface area contributed by atoms with E-state index in [1.807, 2.05) is 5.43 Å². The molecule has 1 fully saturated rings. The molecule has 1 amide bonds. The van der Waals surface area contributed by atoms with E-state index in [2.05, 4.69) is 10.3 Å². The predicted molar refractivity (Wildman–Crippen MR) is 57.2 cm³/mol. The first-order valence-corrected chi connectivity index (χ1v) is 5.39. The molecule has 0 aromatic carbocycles. The number of nitrogens with zero attached hydrogens (tertiary/aromatic N) is 3. The number of carbonyl (C=O) groups excluding carboxylic acids is 1. The minimum Gasteiger partial charge on any atom is -0.328 e. The van der Waals surface area contributed by atoms with Crippen molar-refractivity contribution in [3.8, 4) is 0 Å². The van der Waals surface area contributed by atoms with Gasteiger partial charge in [-0.3, -0.25) is 10.2 Å². The summed E-state index contributed by atoms with van der Waals surface area (Å²) in [6, 6.07) is 0.596. The van der Waals surface area contributed by atoms with Gasteiger partial charge in [-0.2, -0.15) is 0 Å². The van der Waals surface area contributed by atoms with Crippen LogP contribution in [0.15, 0.2) is 6.20 Å². The molecule has 0 bridgehead atoms. The van der Waals surface area contributed by atoms with E-state index in [9.17, 15) is 4.79 Å². The molecule has 7 heteroatoms. The second-order valence-electron chi connectivity index (χ2n) is 4.13. The predicted octanol–water partition coefficient (Wildman–Crippen LogP) is -0.676. The molecule has 0 unspecified atom stereocenters. The molecule has 1 aliphatic rings. The summed E-state index contributed by atoms with van der Waals surface area (Å²) in [5.41, 5.74) is 8.10. The molecule has 2 rings (SSSR count). The molecule has 1 aromatic heterocycles. The molecule has 0 radical (unpaired) electrons. The van der Waals surface area contributed by atoms with E-state index < -0.39 is 5.91 Å². The maximum Gasteiger partial charge on any atom is 0.287 e. The van der Waals surface area contributed by atoms with Gasteiger partial charge in [0.15, 0.2) is 5.69 Å². The van der Waals surface area contributed by atoms with Gasteiger partial charge in [-0.25, -0.2) is 10.5 Å². The Bertz CT molecular complexity index is 368. The summed E-state index contributed by atoms with van der Waals surface area (Å²) >= 11 is 0. The summed E-state index contributed by atoms with van der Waals surface area (Å²) in [6.45, 7) is 0. The maximum atomic E-state index is 11.2. The zero-order valence-electron chi connectivity index (χ0n) is 8.97. The molecule has 88 valence electrons. The Morgan fingerprint density at radius 3 is 2.75 bits per heavy atom. The lowest BCUT2D eigenvalue weighted by Gasteiger charge is -2.25. The van der Waals surface area contributed by atoms with Crippen molar-refractivity contribution in [2.24, 2.45) is 11.6 Å². The SMILES string of the molecule is NNC(=O)c1cn(C2CCC(N)CC2)nn1. The van der Waals surface area contributed by atoms with Crippen LogP contribution in [0.2, 0.25) is 0 Å². The van der Waals surface area contributed by atoms with Gasteiger partial charge in [0.25, 0.3) is 5.91 Å². The van der Waals surface area contributed by atoms with E-state index >= 15 is 0 Å². The van der Waals surface area contributed by atoms with Crippen LogP contribution in [0.4, 0.5) is 0 Å². The van der Waals surface area contributed by atoms with Crippen LogP contribution >= 0.6 is 0 Å². The van der Waals surface area contributed by atoms with Gasteiger partial charge in [0.2, 0.25) is 0 Å². The Hall–Kier alpha value is -1.47. The molecule has 1 heterocycles. The monoisotopic (exact) mass is 224 g/mol.